The first kappa shape index (κ1) is 19.0. The van der Waals surface area contributed by atoms with Crippen LogP contribution in [-0.4, -0.2) is 54.2 Å². The van der Waals surface area contributed by atoms with E-state index in [2.05, 4.69) is 39.0 Å². The molecule has 0 fully saturated rings. The molecule has 0 unspecified atom stereocenters. The van der Waals surface area contributed by atoms with Crippen LogP contribution in [0.1, 0.15) is 38.0 Å². The first-order valence-electron chi connectivity index (χ1n) is 9.77. The van der Waals surface area contributed by atoms with Crippen LogP contribution in [0.15, 0.2) is 28.3 Å². The van der Waals surface area contributed by atoms with E-state index in [9.17, 15) is 0 Å². The van der Waals surface area contributed by atoms with Crippen LogP contribution in [0.5, 0.6) is 0 Å². The molecule has 0 bridgehead atoms. The molecule has 0 amide bonds. The minimum absolute atomic E-state index is 0.541. The lowest BCUT2D eigenvalue weighted by Crippen LogP contribution is -2.23. The van der Waals surface area contributed by atoms with Crippen LogP contribution in [0.25, 0.3) is 11.5 Å². The summed E-state index contributed by atoms with van der Waals surface area (Å²) in [6, 6.07) is 5.96. The maximum absolute atomic E-state index is 4.82. The highest BCUT2D eigenvalue weighted by Gasteiger charge is 2.26. The number of rotatable bonds is 5. The Morgan fingerprint density at radius 2 is 1.79 bits per heavy atom. The van der Waals surface area contributed by atoms with E-state index < -0.39 is 0 Å². The van der Waals surface area contributed by atoms with Crippen molar-refractivity contribution in [3.8, 4) is 11.5 Å². The van der Waals surface area contributed by atoms with Gasteiger partial charge >= 0.3 is 0 Å². The number of nitrogens with zero attached hydrogens (tertiary/aromatic N) is 9. The summed E-state index contributed by atoms with van der Waals surface area (Å²) in [6.45, 7) is 12.0. The highest BCUT2D eigenvalue weighted by atomic mass is 15.6. The Hall–Kier alpha value is -3.36. The highest BCUT2D eigenvalue weighted by molar-refractivity contribution is 6.48. The standard InChI is InChI=1S/C20H25N9/c1-7-28(8-2)17-10-9-15(13(4)21-17)22-18-14(5)24-29-20(18)23-19(26-29)16-11-12(3)27(6)25-16/h9-11H,7-8H2,1-6H3. The van der Waals surface area contributed by atoms with E-state index in [0.29, 0.717) is 17.4 Å². The monoisotopic (exact) mass is 391 g/mol. The molecule has 150 valence electrons. The molecule has 4 rings (SSSR count). The Morgan fingerprint density at radius 3 is 2.41 bits per heavy atom. The molecular weight excluding hydrogens is 366 g/mol. The second-order valence-electron chi connectivity index (χ2n) is 7.04. The van der Waals surface area contributed by atoms with Gasteiger partial charge in [0, 0.05) is 25.8 Å². The number of hydrogen-bond donors (Lipinski definition) is 0. The van der Waals surface area contributed by atoms with Gasteiger partial charge in [-0.3, -0.25) is 4.68 Å². The molecule has 4 heterocycles. The molecule has 9 heteroatoms. The second kappa shape index (κ2) is 7.23. The Kier molecular flexibility index (Phi) is 4.73. The highest BCUT2D eigenvalue weighted by Crippen LogP contribution is 2.24. The predicted molar refractivity (Wildman–Crippen MR) is 114 cm³/mol. The van der Waals surface area contributed by atoms with Gasteiger partial charge in [-0.25, -0.2) is 15.0 Å². The average molecular weight is 391 g/mol. The zero-order valence-electron chi connectivity index (χ0n) is 17.7. The SMILES string of the molecule is CCN(CC)c1ccc(N=C2C(C)=Nn3nc(-c4cc(C)n(C)n4)nc32)c(C)n1. The summed E-state index contributed by atoms with van der Waals surface area (Å²) in [4.78, 5) is 17.9. The number of fused-ring (bicyclic) bond motifs is 1. The van der Waals surface area contributed by atoms with Crippen LogP contribution >= 0.6 is 0 Å². The zero-order valence-corrected chi connectivity index (χ0v) is 17.7. The Morgan fingerprint density at radius 1 is 1.03 bits per heavy atom. The largest absolute Gasteiger partial charge is 0.357 e. The fourth-order valence-electron chi connectivity index (χ4n) is 3.29. The lowest BCUT2D eigenvalue weighted by atomic mass is 10.2. The van der Waals surface area contributed by atoms with Gasteiger partial charge in [0.1, 0.15) is 17.2 Å². The van der Waals surface area contributed by atoms with Gasteiger partial charge in [0.2, 0.25) is 11.6 Å². The normalized spacial score (nSPS) is 14.4. The zero-order chi connectivity index (χ0) is 20.7. The summed E-state index contributed by atoms with van der Waals surface area (Å²) in [5.41, 5.74) is 4.91. The fraction of sp³-hybridized carbons (Fsp3) is 0.400. The molecule has 0 spiro atoms. The van der Waals surface area contributed by atoms with Gasteiger partial charge in [-0.1, -0.05) is 0 Å². The molecule has 1 aliphatic rings. The van der Waals surface area contributed by atoms with Crippen LogP contribution in [0.4, 0.5) is 11.5 Å². The number of pyridine rings is 1. The van der Waals surface area contributed by atoms with Gasteiger partial charge in [0.25, 0.3) is 0 Å². The number of aliphatic imine (C=N–C) groups is 1. The van der Waals surface area contributed by atoms with Gasteiger partial charge in [0.05, 0.1) is 17.1 Å². The van der Waals surface area contributed by atoms with Gasteiger partial charge in [-0.15, -0.1) is 9.89 Å². The number of hydrogen-bond acceptors (Lipinski definition) is 7. The van der Waals surface area contributed by atoms with Crippen molar-refractivity contribution in [3.63, 3.8) is 0 Å². The molecule has 1 aliphatic heterocycles. The van der Waals surface area contributed by atoms with Gasteiger partial charge < -0.3 is 4.90 Å². The third kappa shape index (κ3) is 3.32. The van der Waals surface area contributed by atoms with E-state index in [1.54, 1.807) is 4.68 Å². The summed E-state index contributed by atoms with van der Waals surface area (Å²) in [5, 5.41) is 13.4. The maximum Gasteiger partial charge on any atom is 0.204 e. The van der Waals surface area contributed by atoms with Crippen LogP contribution in [0.3, 0.4) is 0 Å². The molecule has 0 saturated carbocycles. The minimum atomic E-state index is 0.541. The van der Waals surface area contributed by atoms with Crippen molar-refractivity contribution in [1.29, 1.82) is 0 Å². The lowest BCUT2D eigenvalue weighted by Gasteiger charge is -2.20. The third-order valence-corrected chi connectivity index (χ3v) is 5.10. The molecule has 0 N–H and O–H groups in total. The van der Waals surface area contributed by atoms with Crippen molar-refractivity contribution in [1.82, 2.24) is 29.6 Å². The quantitative estimate of drug-likeness (QED) is 0.667. The first-order chi connectivity index (χ1) is 13.9. The van der Waals surface area contributed by atoms with E-state index in [4.69, 9.17) is 9.98 Å². The number of anilines is 1. The van der Waals surface area contributed by atoms with Crippen molar-refractivity contribution < 1.29 is 0 Å². The Balaban J connectivity index is 1.71. The molecule has 9 nitrogen and oxygen atoms in total. The molecule has 3 aromatic heterocycles. The molecule has 0 atom stereocenters. The predicted octanol–water partition coefficient (Wildman–Crippen LogP) is 2.90. The second-order valence-corrected chi connectivity index (χ2v) is 7.04. The third-order valence-electron chi connectivity index (χ3n) is 5.10. The number of aryl methyl sites for hydroxylation is 3. The van der Waals surface area contributed by atoms with E-state index in [0.717, 1.165) is 47.4 Å². The van der Waals surface area contributed by atoms with Crippen LogP contribution < -0.4 is 4.90 Å². The average Bonchev–Trinajstić information content (AvgIpc) is 3.33. The molecule has 3 aromatic rings. The van der Waals surface area contributed by atoms with Crippen molar-refractivity contribution >= 4 is 22.9 Å². The molecule has 0 aromatic carbocycles. The lowest BCUT2D eigenvalue weighted by molar-refractivity contribution is 0.733. The van der Waals surface area contributed by atoms with Crippen molar-refractivity contribution in [2.75, 3.05) is 18.0 Å². The van der Waals surface area contributed by atoms with E-state index in [1.807, 2.05) is 46.0 Å². The van der Waals surface area contributed by atoms with Gasteiger partial charge in [-0.05, 0) is 52.8 Å². The summed E-state index contributed by atoms with van der Waals surface area (Å²) in [7, 11) is 1.90. The topological polar surface area (TPSA) is 89.4 Å². The van der Waals surface area contributed by atoms with Gasteiger partial charge in [0.15, 0.2) is 0 Å². The summed E-state index contributed by atoms with van der Waals surface area (Å²) >= 11 is 0. The van der Waals surface area contributed by atoms with Crippen molar-refractivity contribution in [3.05, 3.63) is 35.4 Å². The van der Waals surface area contributed by atoms with E-state index in [1.165, 1.54) is 4.79 Å². The molecule has 0 radical (unpaired) electrons. The summed E-state index contributed by atoms with van der Waals surface area (Å²) < 4.78 is 1.80. The number of aromatic nitrogens is 6. The molecular formula is C20H25N9. The Bertz CT molecular complexity index is 1110. The van der Waals surface area contributed by atoms with Crippen LogP contribution in [-0.2, 0) is 7.05 Å². The molecule has 29 heavy (non-hydrogen) atoms. The molecule has 0 aliphatic carbocycles. The van der Waals surface area contributed by atoms with Crippen LogP contribution in [0.2, 0.25) is 0 Å². The van der Waals surface area contributed by atoms with Gasteiger partial charge in [-0.2, -0.15) is 10.2 Å². The fourth-order valence-corrected chi connectivity index (χ4v) is 3.29. The maximum atomic E-state index is 4.82. The summed E-state index contributed by atoms with van der Waals surface area (Å²) in [6.07, 6.45) is 0. The first-order valence-corrected chi connectivity index (χ1v) is 9.77. The van der Waals surface area contributed by atoms with Crippen molar-refractivity contribution in [2.24, 2.45) is 17.1 Å². The minimum Gasteiger partial charge on any atom is -0.357 e. The van der Waals surface area contributed by atoms with E-state index >= 15 is 0 Å². The van der Waals surface area contributed by atoms with E-state index in [-0.39, 0.29) is 0 Å². The molecule has 0 saturated heterocycles. The Labute approximate surface area is 169 Å². The van der Waals surface area contributed by atoms with Crippen molar-refractivity contribution in [2.45, 2.75) is 34.6 Å². The smallest absolute Gasteiger partial charge is 0.204 e. The summed E-state index contributed by atoms with van der Waals surface area (Å²) in [5.74, 6) is 2.12. The van der Waals surface area contributed by atoms with Crippen LogP contribution in [0, 0.1) is 13.8 Å².